The summed E-state index contributed by atoms with van der Waals surface area (Å²) in [6.45, 7) is 0.859. The van der Waals surface area contributed by atoms with Crippen LogP contribution in [0.3, 0.4) is 0 Å². The number of methoxy groups -OCH3 is 2. The predicted molar refractivity (Wildman–Crippen MR) is 110 cm³/mol. The zero-order valence-corrected chi connectivity index (χ0v) is 15.6. The number of aromatic nitrogens is 1. The lowest BCUT2D eigenvalue weighted by atomic mass is 9.93. The van der Waals surface area contributed by atoms with Gasteiger partial charge in [0.2, 0.25) is 0 Å². The summed E-state index contributed by atoms with van der Waals surface area (Å²) in [4.78, 5) is 9.25. The fourth-order valence-corrected chi connectivity index (χ4v) is 3.45. The average Bonchev–Trinajstić information content (AvgIpc) is 2.74. The normalized spacial score (nSPS) is 15.6. The van der Waals surface area contributed by atoms with Crippen LogP contribution in [0.2, 0.25) is 0 Å². The molecule has 0 amide bonds. The Morgan fingerprint density at radius 1 is 1.00 bits per heavy atom. The lowest BCUT2D eigenvalue weighted by Gasteiger charge is -2.18. The molecule has 136 valence electrons. The largest absolute Gasteiger partial charge is 0.497 e. The highest BCUT2D eigenvalue weighted by Gasteiger charge is 2.16. The van der Waals surface area contributed by atoms with E-state index in [0.29, 0.717) is 0 Å². The number of aliphatic imine (C=N–C) groups is 1. The Morgan fingerprint density at radius 2 is 1.93 bits per heavy atom. The minimum Gasteiger partial charge on any atom is -0.497 e. The van der Waals surface area contributed by atoms with E-state index in [1.165, 1.54) is 5.57 Å². The molecule has 2 aromatic carbocycles. The van der Waals surface area contributed by atoms with E-state index in [0.717, 1.165) is 58.6 Å². The Hall–Kier alpha value is -3.14. The molecule has 1 aliphatic rings. The lowest BCUT2D eigenvalue weighted by molar-refractivity contribution is 0.393. The molecule has 0 aliphatic carbocycles. The number of ether oxygens (including phenoxy) is 2. The van der Waals surface area contributed by atoms with Crippen molar-refractivity contribution in [3.05, 3.63) is 71.4 Å². The van der Waals surface area contributed by atoms with Gasteiger partial charge in [0.15, 0.2) is 0 Å². The molecule has 0 radical (unpaired) electrons. The predicted octanol–water partition coefficient (Wildman–Crippen LogP) is 4.92. The Kier molecular flexibility index (Phi) is 4.88. The lowest BCUT2D eigenvalue weighted by Crippen LogP contribution is -2.11. The van der Waals surface area contributed by atoms with Crippen LogP contribution in [0.4, 0.5) is 0 Å². The van der Waals surface area contributed by atoms with E-state index in [1.807, 2.05) is 30.5 Å². The van der Waals surface area contributed by atoms with Crippen molar-refractivity contribution in [2.75, 3.05) is 20.8 Å². The van der Waals surface area contributed by atoms with Crippen LogP contribution in [-0.2, 0) is 0 Å². The molecular weight excluding hydrogens is 336 g/mol. The van der Waals surface area contributed by atoms with Gasteiger partial charge in [-0.05, 0) is 54.8 Å². The molecule has 27 heavy (non-hydrogen) atoms. The molecule has 0 N–H and O–H groups in total. The number of hydrogen-bond acceptors (Lipinski definition) is 4. The Bertz CT molecular complexity index is 1040. The number of nitrogens with zero attached hydrogens (tertiary/aromatic N) is 2. The quantitative estimate of drug-likeness (QED) is 0.665. The monoisotopic (exact) mass is 358 g/mol. The summed E-state index contributed by atoms with van der Waals surface area (Å²) in [7, 11) is 3.34. The molecule has 1 aromatic heterocycles. The first kappa shape index (κ1) is 17.3. The third kappa shape index (κ3) is 3.56. The topological polar surface area (TPSA) is 43.7 Å². The van der Waals surface area contributed by atoms with Gasteiger partial charge in [0.25, 0.3) is 0 Å². The SMILES string of the molecule is COc1ccc(/C=C2\CCCN=C2c2ccc3ncccc3c2)c(OC)c1. The van der Waals surface area contributed by atoms with Crippen molar-refractivity contribution in [3.63, 3.8) is 0 Å². The number of allylic oxidation sites excluding steroid dienone is 1. The molecule has 2 heterocycles. The van der Waals surface area contributed by atoms with E-state index in [2.05, 4.69) is 35.3 Å². The van der Waals surface area contributed by atoms with Crippen LogP contribution in [-0.4, -0.2) is 31.5 Å². The third-order valence-electron chi connectivity index (χ3n) is 4.83. The van der Waals surface area contributed by atoms with Gasteiger partial charge in [-0.15, -0.1) is 0 Å². The summed E-state index contributed by atoms with van der Waals surface area (Å²) in [6, 6.07) is 16.3. The van der Waals surface area contributed by atoms with Crippen molar-refractivity contribution >= 4 is 22.7 Å². The highest BCUT2D eigenvalue weighted by molar-refractivity contribution is 6.16. The van der Waals surface area contributed by atoms with Gasteiger partial charge in [0.1, 0.15) is 11.5 Å². The number of pyridine rings is 1. The molecule has 0 atom stereocenters. The summed E-state index contributed by atoms with van der Waals surface area (Å²) in [5.74, 6) is 1.59. The third-order valence-corrected chi connectivity index (χ3v) is 4.83. The van der Waals surface area contributed by atoms with Crippen molar-refractivity contribution in [2.24, 2.45) is 4.99 Å². The van der Waals surface area contributed by atoms with Crippen LogP contribution in [0.25, 0.3) is 17.0 Å². The first-order valence-electron chi connectivity index (χ1n) is 9.11. The first-order chi connectivity index (χ1) is 13.3. The number of fused-ring (bicyclic) bond motifs is 1. The van der Waals surface area contributed by atoms with Crippen molar-refractivity contribution in [2.45, 2.75) is 12.8 Å². The molecular formula is C23H22N2O2. The van der Waals surface area contributed by atoms with E-state index in [9.17, 15) is 0 Å². The summed E-state index contributed by atoms with van der Waals surface area (Å²) in [5, 5.41) is 1.13. The van der Waals surface area contributed by atoms with Gasteiger partial charge >= 0.3 is 0 Å². The maximum Gasteiger partial charge on any atom is 0.129 e. The van der Waals surface area contributed by atoms with E-state index in [-0.39, 0.29) is 0 Å². The molecule has 4 nitrogen and oxygen atoms in total. The zero-order valence-electron chi connectivity index (χ0n) is 15.6. The maximum atomic E-state index is 5.56. The van der Waals surface area contributed by atoms with E-state index >= 15 is 0 Å². The Labute approximate surface area is 159 Å². The van der Waals surface area contributed by atoms with Gasteiger partial charge in [0.05, 0.1) is 25.4 Å². The summed E-state index contributed by atoms with van der Waals surface area (Å²) >= 11 is 0. The van der Waals surface area contributed by atoms with Crippen molar-refractivity contribution in [3.8, 4) is 11.5 Å². The molecule has 3 aromatic rings. The van der Waals surface area contributed by atoms with Crippen molar-refractivity contribution < 1.29 is 9.47 Å². The molecule has 0 spiro atoms. The molecule has 0 saturated carbocycles. The summed E-state index contributed by atoms with van der Waals surface area (Å²) in [6.07, 6.45) is 6.06. The molecule has 0 saturated heterocycles. The smallest absolute Gasteiger partial charge is 0.129 e. The second kappa shape index (κ2) is 7.62. The highest BCUT2D eigenvalue weighted by atomic mass is 16.5. The molecule has 0 bridgehead atoms. The fourth-order valence-electron chi connectivity index (χ4n) is 3.45. The molecule has 0 fully saturated rings. The minimum absolute atomic E-state index is 0.786. The van der Waals surface area contributed by atoms with Crippen LogP contribution in [0.15, 0.2) is 65.3 Å². The number of rotatable bonds is 4. The first-order valence-corrected chi connectivity index (χ1v) is 9.11. The Balaban J connectivity index is 1.76. The highest BCUT2D eigenvalue weighted by Crippen LogP contribution is 2.30. The summed E-state index contributed by atoms with van der Waals surface area (Å²) in [5.41, 5.74) is 5.46. The molecule has 4 rings (SSSR count). The average molecular weight is 358 g/mol. The van der Waals surface area contributed by atoms with Gasteiger partial charge in [-0.25, -0.2) is 0 Å². The fraction of sp³-hybridized carbons (Fsp3) is 0.217. The van der Waals surface area contributed by atoms with E-state index in [1.54, 1.807) is 14.2 Å². The van der Waals surface area contributed by atoms with Gasteiger partial charge in [-0.2, -0.15) is 0 Å². The second-order valence-electron chi connectivity index (χ2n) is 6.52. The van der Waals surface area contributed by atoms with E-state index < -0.39 is 0 Å². The number of hydrogen-bond donors (Lipinski definition) is 0. The molecule has 4 heteroatoms. The van der Waals surface area contributed by atoms with Gasteiger partial charge in [-0.1, -0.05) is 12.1 Å². The Morgan fingerprint density at radius 3 is 2.78 bits per heavy atom. The number of benzene rings is 2. The van der Waals surface area contributed by atoms with Gasteiger partial charge in [0, 0.05) is 35.3 Å². The van der Waals surface area contributed by atoms with Crippen LogP contribution in [0, 0.1) is 0 Å². The molecule has 0 unspecified atom stereocenters. The minimum atomic E-state index is 0.786. The maximum absolute atomic E-state index is 5.56. The van der Waals surface area contributed by atoms with Crippen molar-refractivity contribution in [1.82, 2.24) is 4.98 Å². The second-order valence-corrected chi connectivity index (χ2v) is 6.52. The summed E-state index contributed by atoms with van der Waals surface area (Å²) < 4.78 is 10.9. The zero-order chi connectivity index (χ0) is 18.6. The molecule has 1 aliphatic heterocycles. The van der Waals surface area contributed by atoms with E-state index in [4.69, 9.17) is 14.5 Å². The van der Waals surface area contributed by atoms with Gasteiger partial charge < -0.3 is 9.47 Å². The standard InChI is InChI=1S/C23H22N2O2/c1-26-20-9-7-17(22(15-20)27-2)14-18-6-4-12-25-23(18)19-8-10-21-16(13-19)5-3-11-24-21/h3,5,7-11,13-15H,4,6,12H2,1-2H3/b18-14+. The van der Waals surface area contributed by atoms with Gasteiger partial charge in [-0.3, -0.25) is 9.98 Å². The van der Waals surface area contributed by atoms with Crippen LogP contribution < -0.4 is 9.47 Å². The van der Waals surface area contributed by atoms with Crippen LogP contribution >= 0.6 is 0 Å². The van der Waals surface area contributed by atoms with Crippen LogP contribution in [0.5, 0.6) is 11.5 Å². The van der Waals surface area contributed by atoms with Crippen LogP contribution in [0.1, 0.15) is 24.0 Å². The van der Waals surface area contributed by atoms with Crippen molar-refractivity contribution in [1.29, 1.82) is 0 Å².